The Balaban J connectivity index is 1.98. The SMILES string of the molecule is Cc1ccc(C(=O)NCC(O)c2ccco2)c(O)c1. The second-order valence-electron chi connectivity index (χ2n) is 4.26. The van der Waals surface area contributed by atoms with Gasteiger partial charge in [0.15, 0.2) is 0 Å². The first-order valence-corrected chi connectivity index (χ1v) is 5.87. The Labute approximate surface area is 110 Å². The third-order valence-corrected chi connectivity index (χ3v) is 2.73. The molecule has 0 aliphatic heterocycles. The minimum atomic E-state index is -0.911. The van der Waals surface area contributed by atoms with Gasteiger partial charge in [0.2, 0.25) is 0 Å². The molecular weight excluding hydrogens is 246 g/mol. The number of aliphatic hydroxyl groups is 1. The van der Waals surface area contributed by atoms with Gasteiger partial charge in [0.25, 0.3) is 5.91 Å². The lowest BCUT2D eigenvalue weighted by Gasteiger charge is -2.10. The fraction of sp³-hybridized carbons (Fsp3) is 0.214. The molecule has 19 heavy (non-hydrogen) atoms. The van der Waals surface area contributed by atoms with Crippen LogP contribution in [0.3, 0.4) is 0 Å². The van der Waals surface area contributed by atoms with Crippen LogP contribution in [0.1, 0.15) is 27.8 Å². The summed E-state index contributed by atoms with van der Waals surface area (Å²) in [7, 11) is 0. The molecule has 2 aromatic rings. The van der Waals surface area contributed by atoms with Gasteiger partial charge < -0.3 is 19.9 Å². The van der Waals surface area contributed by atoms with E-state index in [0.29, 0.717) is 5.76 Å². The Morgan fingerprint density at radius 3 is 2.84 bits per heavy atom. The van der Waals surface area contributed by atoms with E-state index >= 15 is 0 Å². The van der Waals surface area contributed by atoms with Crippen molar-refractivity contribution in [2.75, 3.05) is 6.54 Å². The molecule has 2 rings (SSSR count). The van der Waals surface area contributed by atoms with Gasteiger partial charge >= 0.3 is 0 Å². The largest absolute Gasteiger partial charge is 0.507 e. The summed E-state index contributed by atoms with van der Waals surface area (Å²) in [6.07, 6.45) is 0.540. The molecule has 1 unspecified atom stereocenters. The Morgan fingerprint density at radius 1 is 1.42 bits per heavy atom. The van der Waals surface area contributed by atoms with Crippen molar-refractivity contribution < 1.29 is 19.4 Å². The fourth-order valence-electron chi connectivity index (χ4n) is 1.70. The zero-order valence-corrected chi connectivity index (χ0v) is 10.5. The van der Waals surface area contributed by atoms with E-state index in [9.17, 15) is 15.0 Å². The van der Waals surface area contributed by atoms with E-state index < -0.39 is 12.0 Å². The van der Waals surface area contributed by atoms with Gasteiger partial charge in [0.1, 0.15) is 17.6 Å². The maximum Gasteiger partial charge on any atom is 0.255 e. The number of aryl methyl sites for hydroxylation is 1. The van der Waals surface area contributed by atoms with Gasteiger partial charge in [-0.05, 0) is 36.8 Å². The lowest BCUT2D eigenvalue weighted by Crippen LogP contribution is -2.28. The van der Waals surface area contributed by atoms with Crippen molar-refractivity contribution in [3.63, 3.8) is 0 Å². The van der Waals surface area contributed by atoms with E-state index in [1.165, 1.54) is 12.3 Å². The third kappa shape index (κ3) is 3.14. The number of furan rings is 1. The van der Waals surface area contributed by atoms with Crippen LogP contribution in [0, 0.1) is 6.92 Å². The topological polar surface area (TPSA) is 82.7 Å². The number of aliphatic hydroxyl groups excluding tert-OH is 1. The number of benzene rings is 1. The number of amides is 1. The smallest absolute Gasteiger partial charge is 0.255 e. The molecular formula is C14H15NO4. The number of aromatic hydroxyl groups is 1. The van der Waals surface area contributed by atoms with Crippen molar-refractivity contribution in [3.8, 4) is 5.75 Å². The summed E-state index contributed by atoms with van der Waals surface area (Å²) in [5.74, 6) is -0.137. The van der Waals surface area contributed by atoms with Gasteiger partial charge in [-0.3, -0.25) is 4.79 Å². The molecule has 0 radical (unpaired) electrons. The molecule has 1 atom stereocenters. The highest BCUT2D eigenvalue weighted by molar-refractivity contribution is 5.96. The maximum absolute atomic E-state index is 11.8. The van der Waals surface area contributed by atoms with Gasteiger partial charge in [-0.1, -0.05) is 6.07 Å². The van der Waals surface area contributed by atoms with Gasteiger partial charge in [-0.25, -0.2) is 0 Å². The summed E-state index contributed by atoms with van der Waals surface area (Å²) >= 11 is 0. The first kappa shape index (κ1) is 13.2. The van der Waals surface area contributed by atoms with E-state index in [1.54, 1.807) is 24.3 Å². The summed E-state index contributed by atoms with van der Waals surface area (Å²) in [5, 5.41) is 22.0. The second kappa shape index (κ2) is 5.58. The average Bonchev–Trinajstić information content (AvgIpc) is 2.89. The van der Waals surface area contributed by atoms with Crippen LogP contribution in [0.2, 0.25) is 0 Å². The number of phenolic OH excluding ortho intramolecular Hbond substituents is 1. The van der Waals surface area contributed by atoms with Crippen LogP contribution in [-0.4, -0.2) is 22.7 Å². The van der Waals surface area contributed by atoms with Crippen molar-refractivity contribution in [2.45, 2.75) is 13.0 Å². The predicted molar refractivity (Wildman–Crippen MR) is 68.8 cm³/mol. The molecule has 5 nitrogen and oxygen atoms in total. The van der Waals surface area contributed by atoms with Crippen molar-refractivity contribution in [1.82, 2.24) is 5.32 Å². The van der Waals surface area contributed by atoms with E-state index in [1.807, 2.05) is 6.92 Å². The first-order valence-electron chi connectivity index (χ1n) is 5.87. The molecule has 1 aromatic carbocycles. The number of carbonyl (C=O) groups is 1. The van der Waals surface area contributed by atoms with Gasteiger partial charge in [0, 0.05) is 0 Å². The van der Waals surface area contributed by atoms with E-state index in [2.05, 4.69) is 5.32 Å². The zero-order chi connectivity index (χ0) is 13.8. The van der Waals surface area contributed by atoms with Crippen molar-refractivity contribution in [2.24, 2.45) is 0 Å². The van der Waals surface area contributed by atoms with Crippen molar-refractivity contribution in [1.29, 1.82) is 0 Å². The van der Waals surface area contributed by atoms with Crippen LogP contribution in [0.25, 0.3) is 0 Å². The van der Waals surface area contributed by atoms with Crippen LogP contribution >= 0.6 is 0 Å². The summed E-state index contributed by atoms with van der Waals surface area (Å²) in [5.41, 5.74) is 1.04. The van der Waals surface area contributed by atoms with E-state index in [-0.39, 0.29) is 17.9 Å². The Kier molecular flexibility index (Phi) is 3.87. The summed E-state index contributed by atoms with van der Waals surface area (Å²) in [6.45, 7) is 1.84. The molecule has 3 N–H and O–H groups in total. The molecule has 0 saturated carbocycles. The molecule has 0 saturated heterocycles. The second-order valence-corrected chi connectivity index (χ2v) is 4.26. The normalized spacial score (nSPS) is 12.1. The summed E-state index contributed by atoms with van der Waals surface area (Å²) in [6, 6.07) is 8.07. The molecule has 0 bridgehead atoms. The van der Waals surface area contributed by atoms with Crippen molar-refractivity contribution >= 4 is 5.91 Å². The van der Waals surface area contributed by atoms with Crippen LogP contribution in [0.4, 0.5) is 0 Å². The highest BCUT2D eigenvalue weighted by Gasteiger charge is 2.15. The monoisotopic (exact) mass is 261 g/mol. The van der Waals surface area contributed by atoms with Gasteiger partial charge in [-0.15, -0.1) is 0 Å². The number of nitrogens with one attached hydrogen (secondary N) is 1. The van der Waals surface area contributed by atoms with Crippen LogP contribution in [0.15, 0.2) is 41.0 Å². The fourth-order valence-corrected chi connectivity index (χ4v) is 1.70. The molecule has 100 valence electrons. The van der Waals surface area contributed by atoms with Crippen molar-refractivity contribution in [3.05, 3.63) is 53.5 Å². The predicted octanol–water partition coefficient (Wildman–Crippen LogP) is 1.76. The summed E-state index contributed by atoms with van der Waals surface area (Å²) < 4.78 is 5.02. The Hall–Kier alpha value is -2.27. The molecule has 1 aromatic heterocycles. The van der Waals surface area contributed by atoms with E-state index in [0.717, 1.165) is 5.56 Å². The lowest BCUT2D eigenvalue weighted by molar-refractivity contribution is 0.0898. The van der Waals surface area contributed by atoms with Crippen LogP contribution < -0.4 is 5.32 Å². The standard InChI is InChI=1S/C14H15NO4/c1-9-4-5-10(11(16)7-9)14(18)15-8-12(17)13-3-2-6-19-13/h2-7,12,16-17H,8H2,1H3,(H,15,18). The lowest BCUT2D eigenvalue weighted by atomic mass is 10.1. The van der Waals surface area contributed by atoms with Gasteiger partial charge in [-0.2, -0.15) is 0 Å². The molecule has 1 amide bonds. The number of hydrogen-bond acceptors (Lipinski definition) is 4. The molecule has 0 aliphatic rings. The quantitative estimate of drug-likeness (QED) is 0.783. The zero-order valence-electron chi connectivity index (χ0n) is 10.5. The molecule has 5 heteroatoms. The molecule has 1 heterocycles. The highest BCUT2D eigenvalue weighted by atomic mass is 16.4. The average molecular weight is 261 g/mol. The Bertz CT molecular complexity index is 563. The number of carbonyl (C=O) groups excluding carboxylic acids is 1. The minimum Gasteiger partial charge on any atom is -0.507 e. The number of rotatable bonds is 4. The van der Waals surface area contributed by atoms with E-state index in [4.69, 9.17) is 4.42 Å². The number of hydrogen-bond donors (Lipinski definition) is 3. The highest BCUT2D eigenvalue weighted by Crippen LogP contribution is 2.18. The maximum atomic E-state index is 11.8. The molecule has 0 fully saturated rings. The van der Waals surface area contributed by atoms with Gasteiger partial charge in [0.05, 0.1) is 18.4 Å². The Morgan fingerprint density at radius 2 is 2.21 bits per heavy atom. The van der Waals surface area contributed by atoms with Crippen LogP contribution in [-0.2, 0) is 0 Å². The first-order chi connectivity index (χ1) is 9.08. The minimum absolute atomic E-state index is 0.0136. The number of phenols is 1. The molecule has 0 aliphatic carbocycles. The molecule has 0 spiro atoms. The third-order valence-electron chi connectivity index (χ3n) is 2.73. The summed E-state index contributed by atoms with van der Waals surface area (Å²) in [4.78, 5) is 11.8. The van der Waals surface area contributed by atoms with Crippen LogP contribution in [0.5, 0.6) is 5.75 Å².